The zero-order valence-electron chi connectivity index (χ0n) is 21.9. The third kappa shape index (κ3) is 4.76. The first-order valence-electron chi connectivity index (χ1n) is 12.4. The van der Waals surface area contributed by atoms with Gasteiger partial charge in [-0.2, -0.15) is 0 Å². The second kappa shape index (κ2) is 8.94. The van der Waals surface area contributed by atoms with Gasteiger partial charge in [0.1, 0.15) is 5.52 Å². The Bertz CT molecular complexity index is 1510. The molecule has 0 aliphatic rings. The van der Waals surface area contributed by atoms with E-state index in [-0.39, 0.29) is 10.8 Å². The van der Waals surface area contributed by atoms with Crippen LogP contribution in [0.15, 0.2) is 88.4 Å². The van der Waals surface area contributed by atoms with E-state index >= 15 is 0 Å². The predicted molar refractivity (Wildman–Crippen MR) is 150 cm³/mol. The molecule has 36 heavy (non-hydrogen) atoms. The number of H-pyrrole nitrogens is 1. The van der Waals surface area contributed by atoms with Crippen LogP contribution < -0.4 is 0 Å². The van der Waals surface area contributed by atoms with Crippen LogP contribution in [0.25, 0.3) is 33.8 Å². The first-order chi connectivity index (χ1) is 17.1. The number of aliphatic imine (C=N–C) groups is 1. The summed E-state index contributed by atoms with van der Waals surface area (Å²) in [4.78, 5) is 13.1. The molecule has 0 saturated carbocycles. The molecule has 2 aromatic heterocycles. The maximum absolute atomic E-state index is 6.21. The van der Waals surface area contributed by atoms with E-state index in [1.54, 1.807) is 0 Å². The predicted octanol–water partition coefficient (Wildman–Crippen LogP) is 8.84. The van der Waals surface area contributed by atoms with Crippen molar-refractivity contribution in [3.8, 4) is 22.7 Å². The third-order valence-corrected chi connectivity index (χ3v) is 6.48. The van der Waals surface area contributed by atoms with Crippen LogP contribution in [0.2, 0.25) is 0 Å². The van der Waals surface area contributed by atoms with E-state index in [2.05, 4.69) is 70.8 Å². The number of fused-ring (bicyclic) bond motifs is 1. The van der Waals surface area contributed by atoms with E-state index < -0.39 is 0 Å². The van der Waals surface area contributed by atoms with Crippen LogP contribution in [-0.4, -0.2) is 16.2 Å². The van der Waals surface area contributed by atoms with Crippen molar-refractivity contribution in [1.82, 2.24) is 9.97 Å². The first-order valence-corrected chi connectivity index (χ1v) is 12.4. The summed E-state index contributed by atoms with van der Waals surface area (Å²) in [6.45, 7) is 13.5. The van der Waals surface area contributed by atoms with Crippen molar-refractivity contribution in [3.05, 3.63) is 95.7 Å². The molecule has 5 rings (SSSR count). The minimum Gasteiger partial charge on any atom is -0.436 e. The van der Waals surface area contributed by atoms with Gasteiger partial charge < -0.3 is 9.40 Å². The minimum atomic E-state index is 0.0524. The summed E-state index contributed by atoms with van der Waals surface area (Å²) in [5.41, 5.74) is 9.12. The normalized spacial score (nSPS) is 12.6. The van der Waals surface area contributed by atoms with Gasteiger partial charge in [0.15, 0.2) is 5.58 Å². The van der Waals surface area contributed by atoms with E-state index in [1.807, 2.05) is 60.9 Å². The largest absolute Gasteiger partial charge is 0.436 e. The second-order valence-corrected chi connectivity index (χ2v) is 11.4. The van der Waals surface area contributed by atoms with Crippen LogP contribution >= 0.6 is 0 Å². The van der Waals surface area contributed by atoms with Crippen molar-refractivity contribution in [2.45, 2.75) is 52.4 Å². The Balaban J connectivity index is 1.56. The quantitative estimate of drug-likeness (QED) is 0.264. The highest BCUT2D eigenvalue weighted by molar-refractivity contribution is 5.92. The van der Waals surface area contributed by atoms with Gasteiger partial charge in [0.2, 0.25) is 5.89 Å². The summed E-state index contributed by atoms with van der Waals surface area (Å²) in [6, 6.07) is 24.8. The van der Waals surface area contributed by atoms with Crippen molar-refractivity contribution in [2.75, 3.05) is 0 Å². The zero-order chi connectivity index (χ0) is 25.5. The molecule has 0 aliphatic carbocycles. The standard InChI is InChI=1S/C32H33N3O/c1-31(2,3)22-17-21(18-23(19-22)32(4,5)6)20-34-27-13-8-7-11-25(27)30-35-29-24(26-14-10-16-33-26)12-9-15-28(29)36-30/h7-20,33H,1-6H3. The Kier molecular flexibility index (Phi) is 5.91. The molecule has 0 saturated heterocycles. The van der Waals surface area contributed by atoms with Crippen LogP contribution in [0, 0.1) is 0 Å². The smallest absolute Gasteiger partial charge is 0.229 e. The van der Waals surface area contributed by atoms with E-state index in [0.717, 1.165) is 39.2 Å². The molecule has 0 fully saturated rings. The van der Waals surface area contributed by atoms with Gasteiger partial charge in [-0.25, -0.2) is 4.98 Å². The molecule has 0 bridgehead atoms. The number of oxazole rings is 1. The van der Waals surface area contributed by atoms with Gasteiger partial charge >= 0.3 is 0 Å². The molecule has 2 heterocycles. The van der Waals surface area contributed by atoms with Crippen molar-refractivity contribution in [3.63, 3.8) is 0 Å². The lowest BCUT2D eigenvalue weighted by atomic mass is 9.79. The molecule has 0 radical (unpaired) electrons. The average molecular weight is 476 g/mol. The molecule has 4 heteroatoms. The number of para-hydroxylation sites is 2. The number of nitrogens with zero attached hydrogens (tertiary/aromatic N) is 2. The van der Waals surface area contributed by atoms with E-state index in [1.165, 1.54) is 11.1 Å². The lowest BCUT2D eigenvalue weighted by Gasteiger charge is -2.25. The fraction of sp³-hybridized carbons (Fsp3) is 0.250. The molecule has 182 valence electrons. The van der Waals surface area contributed by atoms with E-state index in [4.69, 9.17) is 14.4 Å². The van der Waals surface area contributed by atoms with Crippen LogP contribution in [0.3, 0.4) is 0 Å². The number of hydrogen-bond acceptors (Lipinski definition) is 3. The molecule has 0 amide bonds. The minimum absolute atomic E-state index is 0.0524. The molecule has 0 aliphatic heterocycles. The summed E-state index contributed by atoms with van der Waals surface area (Å²) >= 11 is 0. The number of aromatic nitrogens is 2. The van der Waals surface area contributed by atoms with Crippen molar-refractivity contribution < 1.29 is 4.42 Å². The molecular formula is C32H33N3O. The number of rotatable bonds is 4. The van der Waals surface area contributed by atoms with Gasteiger partial charge in [-0.3, -0.25) is 4.99 Å². The average Bonchev–Trinajstić information content (AvgIpc) is 3.51. The Morgan fingerprint density at radius 3 is 2.14 bits per heavy atom. The van der Waals surface area contributed by atoms with E-state index in [0.29, 0.717) is 5.89 Å². The molecular weight excluding hydrogens is 442 g/mol. The van der Waals surface area contributed by atoms with Gasteiger partial charge in [0.05, 0.1) is 11.3 Å². The Hall–Kier alpha value is -3.92. The molecule has 3 aromatic carbocycles. The van der Waals surface area contributed by atoms with Gasteiger partial charge in [0.25, 0.3) is 0 Å². The number of nitrogens with one attached hydrogen (secondary N) is 1. The monoisotopic (exact) mass is 475 g/mol. The first kappa shape index (κ1) is 23.8. The number of hydrogen-bond donors (Lipinski definition) is 1. The van der Waals surface area contributed by atoms with Gasteiger partial charge in [-0.1, -0.05) is 71.9 Å². The summed E-state index contributed by atoms with van der Waals surface area (Å²) < 4.78 is 6.21. The maximum Gasteiger partial charge on any atom is 0.229 e. The molecule has 0 spiro atoms. The second-order valence-electron chi connectivity index (χ2n) is 11.4. The molecule has 4 nitrogen and oxygen atoms in total. The van der Waals surface area contributed by atoms with Gasteiger partial charge in [-0.05, 0) is 70.0 Å². The lowest BCUT2D eigenvalue weighted by molar-refractivity contribution is 0.568. The van der Waals surface area contributed by atoms with Crippen molar-refractivity contribution in [1.29, 1.82) is 0 Å². The number of benzene rings is 3. The Morgan fingerprint density at radius 2 is 1.47 bits per heavy atom. The summed E-state index contributed by atoms with van der Waals surface area (Å²) in [5.74, 6) is 0.565. The van der Waals surface area contributed by atoms with E-state index in [9.17, 15) is 0 Å². The van der Waals surface area contributed by atoms with Gasteiger partial charge in [-0.15, -0.1) is 0 Å². The molecule has 5 aromatic rings. The van der Waals surface area contributed by atoms with Crippen LogP contribution in [-0.2, 0) is 10.8 Å². The highest BCUT2D eigenvalue weighted by atomic mass is 16.3. The summed E-state index contributed by atoms with van der Waals surface area (Å²) in [6.07, 6.45) is 3.87. The molecule has 0 atom stereocenters. The highest BCUT2D eigenvalue weighted by Gasteiger charge is 2.20. The number of aromatic amines is 1. The van der Waals surface area contributed by atoms with Crippen molar-refractivity contribution in [2.24, 2.45) is 4.99 Å². The summed E-state index contributed by atoms with van der Waals surface area (Å²) in [5, 5.41) is 0. The Morgan fingerprint density at radius 1 is 0.778 bits per heavy atom. The maximum atomic E-state index is 6.21. The highest BCUT2D eigenvalue weighted by Crippen LogP contribution is 2.35. The Labute approximate surface area is 213 Å². The lowest BCUT2D eigenvalue weighted by Crippen LogP contribution is -2.17. The van der Waals surface area contributed by atoms with Crippen LogP contribution in [0.1, 0.15) is 58.2 Å². The zero-order valence-corrected chi connectivity index (χ0v) is 21.9. The van der Waals surface area contributed by atoms with Crippen LogP contribution in [0.5, 0.6) is 0 Å². The topological polar surface area (TPSA) is 54.2 Å². The molecule has 0 unspecified atom stereocenters. The molecule has 1 N–H and O–H groups in total. The fourth-order valence-corrected chi connectivity index (χ4v) is 4.28. The summed E-state index contributed by atoms with van der Waals surface area (Å²) in [7, 11) is 0. The van der Waals surface area contributed by atoms with Crippen molar-refractivity contribution >= 4 is 23.0 Å². The fourth-order valence-electron chi connectivity index (χ4n) is 4.28. The third-order valence-electron chi connectivity index (χ3n) is 6.48. The SMILES string of the molecule is CC(C)(C)c1cc(C=Nc2ccccc2-c2nc3c(-c4ccc[nH]4)cccc3o2)cc(C(C)(C)C)c1. The van der Waals surface area contributed by atoms with Gasteiger partial charge in [0, 0.05) is 23.7 Å². The van der Waals surface area contributed by atoms with Crippen LogP contribution in [0.4, 0.5) is 5.69 Å².